The molecule has 0 bridgehead atoms. The van der Waals surface area contributed by atoms with Crippen molar-refractivity contribution in [3.8, 4) is 0 Å². The molecule has 0 atom stereocenters. The Morgan fingerprint density at radius 3 is 2.45 bits per heavy atom. The van der Waals surface area contributed by atoms with Gasteiger partial charge in [0, 0.05) is 18.5 Å². The van der Waals surface area contributed by atoms with Crippen LogP contribution in [-0.2, 0) is 14.8 Å². The summed E-state index contributed by atoms with van der Waals surface area (Å²) in [5.74, 6) is 0.191. The molecule has 2 aromatic carbocycles. The first-order chi connectivity index (χ1) is 14.9. The standard InChI is InChI=1S/C22H22ClN3O3S2/c1-17-9-11-18(12-10-17)31(28,29)26(20-7-3-2-6-19(20)23)16-21(27)24-14-15-30-22-8-4-5-13-25-22/h2-13H,14-16H2,1H3,(H,24,27). The molecule has 0 saturated carbocycles. The number of carbonyl (C=O) groups excluding carboxylic acids is 1. The predicted molar refractivity (Wildman–Crippen MR) is 125 cm³/mol. The average molecular weight is 476 g/mol. The molecule has 0 radical (unpaired) electrons. The summed E-state index contributed by atoms with van der Waals surface area (Å²) < 4.78 is 27.7. The quantitative estimate of drug-likeness (QED) is 0.371. The van der Waals surface area contributed by atoms with Crippen LogP contribution in [0.4, 0.5) is 5.69 Å². The Hall–Kier alpha value is -2.55. The third-order valence-electron chi connectivity index (χ3n) is 4.33. The van der Waals surface area contributed by atoms with Crippen molar-refractivity contribution in [3.63, 3.8) is 0 Å². The zero-order valence-corrected chi connectivity index (χ0v) is 19.3. The maximum absolute atomic E-state index is 13.3. The van der Waals surface area contributed by atoms with Crippen molar-refractivity contribution in [3.05, 3.63) is 83.5 Å². The number of halogens is 1. The van der Waals surface area contributed by atoms with E-state index >= 15 is 0 Å². The predicted octanol–water partition coefficient (Wildman–Crippen LogP) is 4.15. The van der Waals surface area contributed by atoms with Crippen molar-refractivity contribution in [2.75, 3.05) is 23.1 Å². The van der Waals surface area contributed by atoms with Crippen molar-refractivity contribution in [2.24, 2.45) is 0 Å². The third-order valence-corrected chi connectivity index (χ3v) is 7.37. The second-order valence-corrected chi connectivity index (χ2v) is 10.0. The molecule has 0 fully saturated rings. The molecule has 6 nitrogen and oxygen atoms in total. The maximum Gasteiger partial charge on any atom is 0.264 e. The topological polar surface area (TPSA) is 79.4 Å². The summed E-state index contributed by atoms with van der Waals surface area (Å²) in [5.41, 5.74) is 1.19. The highest BCUT2D eigenvalue weighted by Gasteiger charge is 2.28. The number of nitrogens with one attached hydrogen (secondary N) is 1. The highest BCUT2D eigenvalue weighted by atomic mass is 35.5. The summed E-state index contributed by atoms with van der Waals surface area (Å²) in [7, 11) is -3.99. The van der Waals surface area contributed by atoms with Crippen molar-refractivity contribution in [1.82, 2.24) is 10.3 Å². The number of carbonyl (C=O) groups is 1. The van der Waals surface area contributed by atoms with E-state index in [9.17, 15) is 13.2 Å². The molecule has 1 amide bonds. The summed E-state index contributed by atoms with van der Waals surface area (Å²) in [6.07, 6.45) is 1.71. The minimum Gasteiger partial charge on any atom is -0.354 e. The van der Waals surface area contributed by atoms with Crippen molar-refractivity contribution < 1.29 is 13.2 Å². The molecular weight excluding hydrogens is 454 g/mol. The van der Waals surface area contributed by atoms with Gasteiger partial charge >= 0.3 is 0 Å². The fraction of sp³-hybridized carbons (Fsp3) is 0.182. The van der Waals surface area contributed by atoms with Crippen LogP contribution in [-0.4, -0.2) is 38.2 Å². The van der Waals surface area contributed by atoms with Crippen LogP contribution in [0, 0.1) is 6.92 Å². The highest BCUT2D eigenvalue weighted by molar-refractivity contribution is 7.99. The van der Waals surface area contributed by atoms with Crippen LogP contribution in [0.1, 0.15) is 5.56 Å². The summed E-state index contributed by atoms with van der Waals surface area (Å²) in [5, 5.41) is 3.87. The Bertz CT molecular complexity index is 1120. The minimum absolute atomic E-state index is 0.0940. The minimum atomic E-state index is -3.99. The first kappa shape index (κ1) is 23.1. The number of pyridine rings is 1. The van der Waals surface area contributed by atoms with E-state index in [0.717, 1.165) is 14.9 Å². The van der Waals surface area contributed by atoms with Crippen LogP contribution in [0.15, 0.2) is 82.8 Å². The summed E-state index contributed by atoms with van der Waals surface area (Å²) in [6.45, 7) is 1.87. The largest absolute Gasteiger partial charge is 0.354 e. The van der Waals surface area contributed by atoms with Crippen LogP contribution in [0.3, 0.4) is 0 Å². The van der Waals surface area contributed by atoms with E-state index in [1.54, 1.807) is 42.6 Å². The number of anilines is 1. The number of sulfonamides is 1. The Morgan fingerprint density at radius 2 is 1.77 bits per heavy atom. The van der Waals surface area contributed by atoms with Gasteiger partial charge in [0.1, 0.15) is 6.54 Å². The summed E-state index contributed by atoms with van der Waals surface area (Å²) >= 11 is 7.77. The van der Waals surface area contributed by atoms with Gasteiger partial charge in [0.05, 0.1) is 20.6 Å². The number of thioether (sulfide) groups is 1. The number of para-hydroxylation sites is 1. The van der Waals surface area contributed by atoms with Crippen molar-refractivity contribution in [2.45, 2.75) is 16.8 Å². The smallest absolute Gasteiger partial charge is 0.264 e. The Balaban J connectivity index is 1.73. The van der Waals surface area contributed by atoms with Crippen molar-refractivity contribution in [1.29, 1.82) is 0 Å². The number of aryl methyl sites for hydroxylation is 1. The molecule has 0 aliphatic heterocycles. The van der Waals surface area contributed by atoms with E-state index in [4.69, 9.17) is 11.6 Å². The maximum atomic E-state index is 13.3. The second-order valence-electron chi connectivity index (χ2n) is 6.64. The van der Waals surface area contributed by atoms with Gasteiger partial charge in [0.15, 0.2) is 0 Å². The normalized spacial score (nSPS) is 11.2. The lowest BCUT2D eigenvalue weighted by Gasteiger charge is -2.25. The lowest BCUT2D eigenvalue weighted by atomic mass is 10.2. The zero-order chi connectivity index (χ0) is 22.3. The molecule has 3 rings (SSSR count). The number of amides is 1. The van der Waals surface area contributed by atoms with Gasteiger partial charge in [-0.1, -0.05) is 47.5 Å². The van der Waals surface area contributed by atoms with Gasteiger partial charge in [-0.15, -0.1) is 11.8 Å². The first-order valence-electron chi connectivity index (χ1n) is 9.52. The van der Waals surface area contributed by atoms with Crippen molar-refractivity contribution >= 4 is 45.0 Å². The third kappa shape index (κ3) is 6.22. The fourth-order valence-electron chi connectivity index (χ4n) is 2.76. The van der Waals surface area contributed by atoms with Gasteiger partial charge in [-0.2, -0.15) is 0 Å². The van der Waals surface area contributed by atoms with Crippen LogP contribution in [0.25, 0.3) is 0 Å². The van der Waals surface area contributed by atoms with Crippen LogP contribution in [0.5, 0.6) is 0 Å². The van der Waals surface area contributed by atoms with E-state index in [0.29, 0.717) is 12.3 Å². The number of rotatable bonds is 9. The Kier molecular flexibility index (Phi) is 7.95. The highest BCUT2D eigenvalue weighted by Crippen LogP contribution is 2.30. The summed E-state index contributed by atoms with van der Waals surface area (Å²) in [4.78, 5) is 16.9. The molecule has 31 heavy (non-hydrogen) atoms. The molecule has 0 spiro atoms. The molecule has 0 unspecified atom stereocenters. The van der Waals surface area contributed by atoms with Crippen LogP contribution >= 0.6 is 23.4 Å². The molecule has 9 heteroatoms. The first-order valence-corrected chi connectivity index (χ1v) is 12.3. The fourth-order valence-corrected chi connectivity index (χ4v) is 5.21. The molecule has 162 valence electrons. The van der Waals surface area contributed by atoms with Gasteiger partial charge in [0.25, 0.3) is 10.0 Å². The second kappa shape index (κ2) is 10.7. The molecule has 1 heterocycles. The average Bonchev–Trinajstić information content (AvgIpc) is 2.77. The van der Waals surface area contributed by atoms with Gasteiger partial charge in [0.2, 0.25) is 5.91 Å². The molecule has 1 N–H and O–H groups in total. The zero-order valence-electron chi connectivity index (χ0n) is 16.9. The van der Waals surface area contributed by atoms with E-state index in [-0.39, 0.29) is 22.2 Å². The number of aromatic nitrogens is 1. The summed E-state index contributed by atoms with van der Waals surface area (Å²) in [6, 6.07) is 18.7. The number of hydrogen-bond donors (Lipinski definition) is 1. The van der Waals surface area contributed by atoms with Crippen LogP contribution in [0.2, 0.25) is 5.02 Å². The lowest BCUT2D eigenvalue weighted by Crippen LogP contribution is -2.41. The number of nitrogens with zero attached hydrogens (tertiary/aromatic N) is 2. The van der Waals surface area contributed by atoms with E-state index in [1.807, 2.05) is 25.1 Å². The van der Waals surface area contributed by atoms with Gasteiger partial charge in [-0.3, -0.25) is 9.10 Å². The van der Waals surface area contributed by atoms with E-state index in [1.165, 1.54) is 23.9 Å². The lowest BCUT2D eigenvalue weighted by molar-refractivity contribution is -0.119. The molecule has 1 aromatic heterocycles. The molecule has 3 aromatic rings. The molecule has 0 aliphatic carbocycles. The number of benzene rings is 2. The monoisotopic (exact) mass is 475 g/mol. The Morgan fingerprint density at radius 1 is 1.06 bits per heavy atom. The molecular formula is C22H22ClN3O3S2. The SMILES string of the molecule is Cc1ccc(S(=O)(=O)N(CC(=O)NCCSc2ccccn2)c2ccccc2Cl)cc1. The van der Waals surface area contributed by atoms with Crippen LogP contribution < -0.4 is 9.62 Å². The van der Waals surface area contributed by atoms with Gasteiger partial charge in [-0.05, 0) is 43.3 Å². The number of hydrogen-bond acceptors (Lipinski definition) is 5. The Labute approximate surface area is 191 Å². The van der Waals surface area contributed by atoms with Gasteiger partial charge in [-0.25, -0.2) is 13.4 Å². The van der Waals surface area contributed by atoms with Gasteiger partial charge < -0.3 is 5.32 Å². The molecule has 0 aliphatic rings. The van der Waals surface area contributed by atoms with E-state index < -0.39 is 15.9 Å². The van der Waals surface area contributed by atoms with E-state index in [2.05, 4.69) is 10.3 Å². The molecule has 0 saturated heterocycles.